The summed E-state index contributed by atoms with van der Waals surface area (Å²) in [5, 5.41) is 21.3. The van der Waals surface area contributed by atoms with Gasteiger partial charge in [-0.1, -0.05) is 6.07 Å². The van der Waals surface area contributed by atoms with E-state index in [4.69, 9.17) is 5.73 Å². The summed E-state index contributed by atoms with van der Waals surface area (Å²) >= 11 is 4.91. The van der Waals surface area contributed by atoms with Gasteiger partial charge in [-0.25, -0.2) is 0 Å². The summed E-state index contributed by atoms with van der Waals surface area (Å²) in [4.78, 5) is 26.5. The third kappa shape index (κ3) is 3.22. The number of nitro benzene ring substituents is 1. The minimum Gasteiger partial charge on any atom is -0.384 e. The topological polar surface area (TPSA) is 113 Å². The summed E-state index contributed by atoms with van der Waals surface area (Å²) in [5.74, 6) is -0.326. The molecule has 4 rings (SSSR count). The van der Waals surface area contributed by atoms with E-state index >= 15 is 0 Å². The Morgan fingerprint density at radius 2 is 2.10 bits per heavy atom. The number of anilines is 1. The lowest BCUT2D eigenvalue weighted by molar-refractivity contribution is -0.384. The van der Waals surface area contributed by atoms with E-state index in [0.717, 1.165) is 19.9 Å². The van der Waals surface area contributed by atoms with E-state index in [2.05, 4.69) is 22.0 Å². The molecule has 0 saturated carbocycles. The number of ketones is 1. The van der Waals surface area contributed by atoms with E-state index in [1.807, 2.05) is 19.1 Å². The van der Waals surface area contributed by atoms with Crippen LogP contribution in [-0.4, -0.2) is 10.7 Å². The lowest BCUT2D eigenvalue weighted by atomic mass is 9.78. The highest BCUT2D eigenvalue weighted by Gasteiger charge is 2.41. The monoisotopic (exact) mass is 484 g/mol. The van der Waals surface area contributed by atoms with Crippen LogP contribution < -0.4 is 10.6 Å². The maximum Gasteiger partial charge on any atom is 0.271 e. The Morgan fingerprint density at radius 1 is 1.33 bits per heavy atom. The number of aryl methyl sites for hydroxylation is 1. The van der Waals surface area contributed by atoms with E-state index in [9.17, 15) is 20.2 Å². The molecule has 0 fully saturated rings. The van der Waals surface area contributed by atoms with E-state index in [0.29, 0.717) is 30.5 Å². The minimum absolute atomic E-state index is 0.0147. The molecule has 1 aromatic carbocycles. The van der Waals surface area contributed by atoms with Crippen molar-refractivity contribution in [3.05, 3.63) is 77.3 Å². The predicted octanol–water partition coefficient (Wildman–Crippen LogP) is 5.03. The van der Waals surface area contributed by atoms with Crippen molar-refractivity contribution in [1.29, 1.82) is 5.26 Å². The Hall–Kier alpha value is -2.96. The molecule has 0 saturated heterocycles. The van der Waals surface area contributed by atoms with Gasteiger partial charge in [-0.3, -0.25) is 19.8 Å². The van der Waals surface area contributed by atoms with Crippen molar-refractivity contribution in [3.8, 4) is 6.07 Å². The number of nitro groups is 1. The number of non-ortho nitro benzene ring substituents is 1. The number of halogens is 1. The van der Waals surface area contributed by atoms with Gasteiger partial charge in [0.15, 0.2) is 5.78 Å². The predicted molar refractivity (Wildman–Crippen MR) is 118 cm³/mol. The summed E-state index contributed by atoms with van der Waals surface area (Å²) in [5.41, 5.74) is 9.28. The number of rotatable bonds is 3. The number of hydrogen-bond donors (Lipinski definition) is 1. The fraction of sp³-hybridized carbons (Fsp3) is 0.238. The first-order chi connectivity index (χ1) is 14.3. The molecule has 2 N–H and O–H groups in total. The molecule has 7 nitrogen and oxygen atoms in total. The van der Waals surface area contributed by atoms with Crippen molar-refractivity contribution in [2.75, 3.05) is 4.90 Å². The molecule has 2 aromatic rings. The standard InChI is InChI=1S/C21H17BrN4O3S/c1-11-5-6-12(26(28)29)9-15(11)25-14-3-2-4-16(27)20(14)19(13(10-23)21(25)24)17-7-8-18(22)30-17/h5-9,19H,2-4,24H2,1H3. The fourth-order valence-corrected chi connectivity index (χ4v) is 5.63. The smallest absolute Gasteiger partial charge is 0.271 e. The molecule has 1 aliphatic carbocycles. The van der Waals surface area contributed by atoms with Gasteiger partial charge in [0.2, 0.25) is 0 Å². The van der Waals surface area contributed by atoms with E-state index in [1.54, 1.807) is 11.0 Å². The van der Waals surface area contributed by atoms with E-state index in [-0.39, 0.29) is 22.9 Å². The second kappa shape index (κ2) is 7.70. The van der Waals surface area contributed by atoms with Crippen molar-refractivity contribution in [2.45, 2.75) is 32.1 Å². The molecule has 30 heavy (non-hydrogen) atoms. The Morgan fingerprint density at radius 3 is 2.73 bits per heavy atom. The number of allylic oxidation sites excluding steroid dienone is 3. The highest BCUT2D eigenvalue weighted by molar-refractivity contribution is 9.11. The van der Waals surface area contributed by atoms with Gasteiger partial charge in [0, 0.05) is 34.7 Å². The molecule has 1 aliphatic heterocycles. The Kier molecular flexibility index (Phi) is 5.22. The SMILES string of the molecule is Cc1ccc([N+](=O)[O-])cc1N1C(N)=C(C#N)C(c2ccc(Br)s2)C2=C1CCCC2=O. The van der Waals surface area contributed by atoms with Gasteiger partial charge in [-0.2, -0.15) is 5.26 Å². The minimum atomic E-state index is -0.524. The van der Waals surface area contributed by atoms with Crippen LogP contribution in [0.25, 0.3) is 0 Å². The number of nitrogens with zero attached hydrogens (tertiary/aromatic N) is 3. The Balaban J connectivity index is 1.99. The lowest BCUT2D eigenvalue weighted by Crippen LogP contribution is -2.38. The molecule has 152 valence electrons. The van der Waals surface area contributed by atoms with E-state index in [1.165, 1.54) is 23.5 Å². The van der Waals surface area contributed by atoms with Gasteiger partial charge in [-0.15, -0.1) is 11.3 Å². The van der Waals surface area contributed by atoms with Gasteiger partial charge in [0.25, 0.3) is 5.69 Å². The number of nitrogens with two attached hydrogens (primary N) is 1. The van der Waals surface area contributed by atoms with Gasteiger partial charge in [0.1, 0.15) is 5.82 Å². The van der Waals surface area contributed by atoms with Crippen LogP contribution in [0, 0.1) is 28.4 Å². The average molecular weight is 485 g/mol. The van der Waals surface area contributed by atoms with Crippen molar-refractivity contribution in [3.63, 3.8) is 0 Å². The maximum atomic E-state index is 13.1. The van der Waals surface area contributed by atoms with Crippen molar-refractivity contribution in [2.24, 2.45) is 5.73 Å². The first kappa shape index (κ1) is 20.3. The zero-order valence-corrected chi connectivity index (χ0v) is 18.4. The van der Waals surface area contributed by atoms with Crippen LogP contribution in [0.2, 0.25) is 0 Å². The number of hydrogen-bond acceptors (Lipinski definition) is 7. The number of thiophene rings is 1. The van der Waals surface area contributed by atoms with Crippen molar-refractivity contribution in [1.82, 2.24) is 0 Å². The third-order valence-electron chi connectivity index (χ3n) is 5.44. The number of carbonyl (C=O) groups excluding carboxylic acids is 1. The van der Waals surface area contributed by atoms with Gasteiger partial charge in [-0.05, 0) is 53.4 Å². The molecule has 0 bridgehead atoms. The molecule has 0 amide bonds. The second-order valence-electron chi connectivity index (χ2n) is 7.19. The first-order valence-corrected chi connectivity index (χ1v) is 10.9. The summed E-state index contributed by atoms with van der Waals surface area (Å²) in [6, 6.07) is 10.5. The number of carbonyl (C=O) groups is 1. The summed E-state index contributed by atoms with van der Waals surface area (Å²) < 4.78 is 0.899. The molecule has 1 unspecified atom stereocenters. The number of Topliss-reactive ketones (excluding diaryl/α,β-unsaturated/α-hetero) is 1. The summed E-state index contributed by atoms with van der Waals surface area (Å²) in [6.45, 7) is 1.83. The highest BCUT2D eigenvalue weighted by Crippen LogP contribution is 2.48. The van der Waals surface area contributed by atoms with Crippen LogP contribution in [0.5, 0.6) is 0 Å². The Bertz CT molecular complexity index is 1190. The molecular formula is C21H17BrN4O3S. The van der Waals surface area contributed by atoms with Gasteiger partial charge in [0.05, 0.1) is 32.0 Å². The third-order valence-corrected chi connectivity index (χ3v) is 7.12. The molecule has 2 aliphatic rings. The van der Waals surface area contributed by atoms with Crippen LogP contribution in [0.3, 0.4) is 0 Å². The Labute approximate surface area is 185 Å². The van der Waals surface area contributed by atoms with Crippen LogP contribution in [-0.2, 0) is 4.79 Å². The number of nitriles is 1. The number of benzene rings is 1. The maximum absolute atomic E-state index is 13.1. The van der Waals surface area contributed by atoms with Gasteiger partial charge < -0.3 is 5.73 Å². The molecule has 1 aromatic heterocycles. The average Bonchev–Trinajstić information content (AvgIpc) is 3.14. The quantitative estimate of drug-likeness (QED) is 0.482. The lowest BCUT2D eigenvalue weighted by Gasteiger charge is -2.39. The van der Waals surface area contributed by atoms with Crippen LogP contribution in [0.1, 0.15) is 35.6 Å². The zero-order chi connectivity index (χ0) is 21.6. The molecule has 2 heterocycles. The molecule has 0 spiro atoms. The summed E-state index contributed by atoms with van der Waals surface area (Å²) in [6.07, 6.45) is 1.67. The molecule has 9 heteroatoms. The normalized spacial score (nSPS) is 19.0. The van der Waals surface area contributed by atoms with Gasteiger partial charge >= 0.3 is 0 Å². The highest BCUT2D eigenvalue weighted by atomic mass is 79.9. The first-order valence-electron chi connectivity index (χ1n) is 9.30. The van der Waals surface area contributed by atoms with E-state index < -0.39 is 10.8 Å². The molecule has 1 atom stereocenters. The van der Waals surface area contributed by atoms with Crippen molar-refractivity contribution >= 4 is 44.4 Å². The second-order valence-corrected chi connectivity index (χ2v) is 9.68. The van der Waals surface area contributed by atoms with Crippen LogP contribution in [0.4, 0.5) is 11.4 Å². The largest absolute Gasteiger partial charge is 0.384 e. The van der Waals surface area contributed by atoms with Crippen molar-refractivity contribution < 1.29 is 9.72 Å². The van der Waals surface area contributed by atoms with Crippen LogP contribution in [0.15, 0.2) is 56.8 Å². The summed E-state index contributed by atoms with van der Waals surface area (Å²) in [7, 11) is 0. The van der Waals surface area contributed by atoms with Crippen LogP contribution >= 0.6 is 27.3 Å². The fourth-order valence-electron chi connectivity index (χ4n) is 4.08. The zero-order valence-electron chi connectivity index (χ0n) is 16.0. The molecular weight excluding hydrogens is 468 g/mol. The molecule has 0 radical (unpaired) electrons.